The summed E-state index contributed by atoms with van der Waals surface area (Å²) in [6.07, 6.45) is 4.39. The molecule has 0 aromatic heterocycles. The molecule has 0 unspecified atom stereocenters. The summed E-state index contributed by atoms with van der Waals surface area (Å²) in [6.45, 7) is 4.53. The summed E-state index contributed by atoms with van der Waals surface area (Å²) in [4.78, 5) is 0. The highest BCUT2D eigenvalue weighted by molar-refractivity contribution is 5.85. The van der Waals surface area contributed by atoms with Crippen LogP contribution in [0.15, 0.2) is 0 Å². The second-order valence-electron chi connectivity index (χ2n) is 2.59. The highest BCUT2D eigenvalue weighted by atomic mass is 35.5. The van der Waals surface area contributed by atoms with Crippen LogP contribution in [-0.2, 0) is 0 Å². The van der Waals surface area contributed by atoms with Crippen LogP contribution in [0.4, 0.5) is 0 Å². The molecule has 0 saturated heterocycles. The standard InChI is InChI=1S/C7H15N.ClH/c1-2-8-6-5-7-3-4-7;/h7-8H,2-6H2,1H3;1H. The van der Waals surface area contributed by atoms with E-state index in [4.69, 9.17) is 0 Å². The van der Waals surface area contributed by atoms with E-state index in [1.807, 2.05) is 0 Å². The molecular weight excluding hydrogens is 134 g/mol. The lowest BCUT2D eigenvalue weighted by Gasteiger charge is -1.96. The van der Waals surface area contributed by atoms with Gasteiger partial charge in [-0.3, -0.25) is 0 Å². The van der Waals surface area contributed by atoms with Crippen LogP contribution in [0.2, 0.25) is 0 Å². The van der Waals surface area contributed by atoms with Gasteiger partial charge in [0.2, 0.25) is 0 Å². The van der Waals surface area contributed by atoms with Gasteiger partial charge in [-0.25, -0.2) is 0 Å². The van der Waals surface area contributed by atoms with Crippen molar-refractivity contribution in [3.63, 3.8) is 0 Å². The highest BCUT2D eigenvalue weighted by Crippen LogP contribution is 2.31. The van der Waals surface area contributed by atoms with Gasteiger partial charge in [0.25, 0.3) is 0 Å². The van der Waals surface area contributed by atoms with E-state index in [1.54, 1.807) is 0 Å². The minimum atomic E-state index is 0. The Morgan fingerprint density at radius 2 is 2.11 bits per heavy atom. The first-order valence-corrected chi connectivity index (χ1v) is 3.64. The normalized spacial score (nSPS) is 17.0. The number of hydrogen-bond acceptors (Lipinski definition) is 1. The number of rotatable bonds is 4. The minimum Gasteiger partial charge on any atom is -0.317 e. The lowest BCUT2D eigenvalue weighted by Crippen LogP contribution is -2.14. The second-order valence-corrected chi connectivity index (χ2v) is 2.59. The van der Waals surface area contributed by atoms with Gasteiger partial charge >= 0.3 is 0 Å². The Morgan fingerprint density at radius 1 is 1.44 bits per heavy atom. The third-order valence-electron chi connectivity index (χ3n) is 1.68. The molecule has 1 nitrogen and oxygen atoms in total. The molecule has 0 amide bonds. The fraction of sp³-hybridized carbons (Fsp3) is 1.00. The summed E-state index contributed by atoms with van der Waals surface area (Å²) in [5.74, 6) is 1.09. The molecule has 0 spiro atoms. The maximum absolute atomic E-state index is 3.32. The van der Waals surface area contributed by atoms with Crippen molar-refractivity contribution < 1.29 is 0 Å². The van der Waals surface area contributed by atoms with Crippen molar-refractivity contribution in [1.82, 2.24) is 5.32 Å². The first kappa shape index (κ1) is 9.25. The molecule has 1 aliphatic rings. The zero-order valence-corrected chi connectivity index (χ0v) is 6.84. The van der Waals surface area contributed by atoms with Gasteiger partial charge in [0.05, 0.1) is 0 Å². The Kier molecular flexibility index (Phi) is 5.21. The lowest BCUT2D eigenvalue weighted by atomic mass is 10.3. The molecule has 0 radical (unpaired) electrons. The van der Waals surface area contributed by atoms with E-state index in [2.05, 4.69) is 12.2 Å². The topological polar surface area (TPSA) is 12.0 Å². The molecule has 0 heterocycles. The second kappa shape index (κ2) is 5.07. The zero-order valence-electron chi connectivity index (χ0n) is 6.02. The monoisotopic (exact) mass is 149 g/mol. The first-order valence-electron chi connectivity index (χ1n) is 3.64. The van der Waals surface area contributed by atoms with Crippen LogP contribution in [-0.4, -0.2) is 13.1 Å². The van der Waals surface area contributed by atoms with Gasteiger partial charge in [-0.15, -0.1) is 12.4 Å². The summed E-state index contributed by atoms with van der Waals surface area (Å²) >= 11 is 0. The van der Waals surface area contributed by atoms with Crippen LogP contribution in [0.1, 0.15) is 26.2 Å². The molecular formula is C7H16ClN. The van der Waals surface area contributed by atoms with Gasteiger partial charge in [0, 0.05) is 0 Å². The predicted octanol–water partition coefficient (Wildman–Crippen LogP) is 1.82. The predicted molar refractivity (Wildman–Crippen MR) is 43.1 cm³/mol. The van der Waals surface area contributed by atoms with E-state index >= 15 is 0 Å². The molecule has 1 saturated carbocycles. The Labute approximate surface area is 63.6 Å². The Bertz CT molecular complexity index is 61.9. The summed E-state index contributed by atoms with van der Waals surface area (Å²) in [6, 6.07) is 0. The van der Waals surface area contributed by atoms with Crippen molar-refractivity contribution >= 4 is 12.4 Å². The van der Waals surface area contributed by atoms with E-state index in [9.17, 15) is 0 Å². The third kappa shape index (κ3) is 4.73. The minimum absolute atomic E-state index is 0. The van der Waals surface area contributed by atoms with E-state index in [0.717, 1.165) is 12.5 Å². The van der Waals surface area contributed by atoms with E-state index in [-0.39, 0.29) is 12.4 Å². The molecule has 0 atom stereocenters. The van der Waals surface area contributed by atoms with Gasteiger partial charge in [0.15, 0.2) is 0 Å². The highest BCUT2D eigenvalue weighted by Gasteiger charge is 2.19. The molecule has 9 heavy (non-hydrogen) atoms. The van der Waals surface area contributed by atoms with Crippen molar-refractivity contribution in [3.05, 3.63) is 0 Å². The van der Waals surface area contributed by atoms with Crippen LogP contribution in [0.3, 0.4) is 0 Å². The SMILES string of the molecule is CCNCCC1CC1.Cl. The molecule has 2 heteroatoms. The summed E-state index contributed by atoms with van der Waals surface area (Å²) < 4.78 is 0. The fourth-order valence-corrected chi connectivity index (χ4v) is 0.889. The third-order valence-corrected chi connectivity index (χ3v) is 1.68. The molecule has 0 aromatic rings. The van der Waals surface area contributed by atoms with Gasteiger partial charge < -0.3 is 5.32 Å². The summed E-state index contributed by atoms with van der Waals surface area (Å²) in [5, 5.41) is 3.32. The summed E-state index contributed by atoms with van der Waals surface area (Å²) in [7, 11) is 0. The molecule has 0 bridgehead atoms. The molecule has 0 aliphatic heterocycles. The Morgan fingerprint density at radius 3 is 2.56 bits per heavy atom. The number of halogens is 1. The van der Waals surface area contributed by atoms with Crippen LogP contribution in [0.25, 0.3) is 0 Å². The molecule has 0 aromatic carbocycles. The smallest absolute Gasteiger partial charge is 0.00464 e. The maximum atomic E-state index is 3.32. The molecule has 1 rings (SSSR count). The van der Waals surface area contributed by atoms with Crippen molar-refractivity contribution in [2.45, 2.75) is 26.2 Å². The zero-order chi connectivity index (χ0) is 5.82. The van der Waals surface area contributed by atoms with Crippen molar-refractivity contribution in [3.8, 4) is 0 Å². The quantitative estimate of drug-likeness (QED) is 0.602. The molecule has 1 fully saturated rings. The van der Waals surface area contributed by atoms with Crippen molar-refractivity contribution in [1.29, 1.82) is 0 Å². The van der Waals surface area contributed by atoms with Crippen molar-refractivity contribution in [2.75, 3.05) is 13.1 Å². The van der Waals surface area contributed by atoms with E-state index < -0.39 is 0 Å². The Hall–Kier alpha value is 0.250. The van der Waals surface area contributed by atoms with Crippen LogP contribution < -0.4 is 5.32 Å². The fourth-order valence-electron chi connectivity index (χ4n) is 0.889. The maximum Gasteiger partial charge on any atom is -0.00464 e. The lowest BCUT2D eigenvalue weighted by molar-refractivity contribution is 0.630. The van der Waals surface area contributed by atoms with Gasteiger partial charge in [0.1, 0.15) is 0 Å². The average molecular weight is 150 g/mol. The Balaban J connectivity index is 0.000000640. The van der Waals surface area contributed by atoms with Crippen LogP contribution >= 0.6 is 12.4 Å². The average Bonchev–Trinajstić information content (AvgIpc) is 2.51. The number of hydrogen-bond donors (Lipinski definition) is 1. The summed E-state index contributed by atoms with van der Waals surface area (Å²) in [5.41, 5.74) is 0. The molecule has 56 valence electrons. The molecule has 1 N–H and O–H groups in total. The first-order chi connectivity index (χ1) is 3.93. The van der Waals surface area contributed by atoms with E-state index in [1.165, 1.54) is 25.8 Å². The van der Waals surface area contributed by atoms with Gasteiger partial charge in [-0.1, -0.05) is 19.8 Å². The molecule has 1 aliphatic carbocycles. The number of nitrogens with one attached hydrogen (secondary N) is 1. The largest absolute Gasteiger partial charge is 0.317 e. The van der Waals surface area contributed by atoms with Crippen LogP contribution in [0.5, 0.6) is 0 Å². The van der Waals surface area contributed by atoms with Crippen molar-refractivity contribution in [2.24, 2.45) is 5.92 Å². The van der Waals surface area contributed by atoms with Gasteiger partial charge in [-0.05, 0) is 25.4 Å². The van der Waals surface area contributed by atoms with Gasteiger partial charge in [-0.2, -0.15) is 0 Å². The van der Waals surface area contributed by atoms with Crippen LogP contribution in [0, 0.1) is 5.92 Å². The van der Waals surface area contributed by atoms with E-state index in [0.29, 0.717) is 0 Å².